The second-order valence-electron chi connectivity index (χ2n) is 15.7. The van der Waals surface area contributed by atoms with E-state index in [1.807, 2.05) is 0 Å². The molecule has 57 heavy (non-hydrogen) atoms. The van der Waals surface area contributed by atoms with E-state index in [2.05, 4.69) is 202 Å². The lowest BCUT2D eigenvalue weighted by atomic mass is 9.59. The fourth-order valence-electron chi connectivity index (χ4n) is 9.88. The maximum atomic E-state index is 6.58. The van der Waals surface area contributed by atoms with Gasteiger partial charge in [-0.25, -0.2) is 0 Å². The quantitative estimate of drug-likeness (QED) is 0.179. The summed E-state index contributed by atoms with van der Waals surface area (Å²) >= 11 is 0. The summed E-state index contributed by atoms with van der Waals surface area (Å²) in [7, 11) is 11.4. The van der Waals surface area contributed by atoms with E-state index in [0.717, 1.165) is 38.8 Å². The van der Waals surface area contributed by atoms with Gasteiger partial charge >= 0.3 is 0 Å². The van der Waals surface area contributed by atoms with Gasteiger partial charge < -0.3 is 8.98 Å². The van der Waals surface area contributed by atoms with Crippen molar-refractivity contribution in [2.24, 2.45) is 0 Å². The first-order chi connectivity index (χ1) is 27.9. The fourth-order valence-corrected chi connectivity index (χ4v) is 9.88. The monoisotopic (exact) mass is 721 g/mol. The van der Waals surface area contributed by atoms with E-state index in [9.17, 15) is 0 Å². The van der Waals surface area contributed by atoms with Gasteiger partial charge in [0.25, 0.3) is 0 Å². The van der Waals surface area contributed by atoms with Crippen molar-refractivity contribution >= 4 is 132 Å². The molecule has 0 atom stereocenters. The molecule has 2 heterocycles. The molecule has 0 aliphatic heterocycles. The number of benzene rings is 9. The van der Waals surface area contributed by atoms with Gasteiger partial charge in [-0.05, 0) is 85.8 Å². The van der Waals surface area contributed by atoms with Crippen molar-refractivity contribution in [1.29, 1.82) is 0 Å². The summed E-state index contributed by atoms with van der Waals surface area (Å²) in [4.78, 5) is 0. The van der Waals surface area contributed by atoms with Crippen LogP contribution in [0.3, 0.4) is 0 Å². The van der Waals surface area contributed by atoms with Crippen LogP contribution in [0.2, 0.25) is 0 Å². The Morgan fingerprint density at radius 3 is 1.37 bits per heavy atom. The average molecular weight is 721 g/mol. The molecule has 262 valence electrons. The lowest BCUT2D eigenvalue weighted by Crippen LogP contribution is -2.55. The van der Waals surface area contributed by atoms with Crippen molar-refractivity contribution in [2.45, 2.75) is 0 Å². The van der Waals surface area contributed by atoms with Crippen molar-refractivity contribution in [3.05, 3.63) is 158 Å². The normalized spacial score (nSPS) is 11.9. The van der Waals surface area contributed by atoms with Gasteiger partial charge in [0.1, 0.15) is 50.4 Å². The third-order valence-corrected chi connectivity index (χ3v) is 13.0. The number of fused-ring (bicyclic) bond motifs is 8. The zero-order valence-corrected chi connectivity index (χ0v) is 32.9. The molecule has 0 aliphatic carbocycles. The highest BCUT2D eigenvalue weighted by Crippen LogP contribution is 2.46. The summed E-state index contributed by atoms with van der Waals surface area (Å²) in [6.07, 6.45) is 0. The molecule has 0 amide bonds. The van der Waals surface area contributed by atoms with Crippen LogP contribution in [0.15, 0.2) is 162 Å². The van der Waals surface area contributed by atoms with Gasteiger partial charge in [0.15, 0.2) is 0 Å². The highest BCUT2D eigenvalue weighted by atomic mass is 16.3. The van der Waals surface area contributed by atoms with E-state index >= 15 is 0 Å². The van der Waals surface area contributed by atoms with E-state index in [1.54, 1.807) is 0 Å². The minimum Gasteiger partial charge on any atom is -0.456 e. The van der Waals surface area contributed by atoms with Crippen LogP contribution in [0.1, 0.15) is 0 Å². The highest BCUT2D eigenvalue weighted by molar-refractivity contribution is 6.69. The van der Waals surface area contributed by atoms with Gasteiger partial charge in [0.05, 0.1) is 16.7 Å². The van der Waals surface area contributed by atoms with Gasteiger partial charge in [-0.3, -0.25) is 0 Å². The number of furan rings is 1. The molecule has 0 spiro atoms. The van der Waals surface area contributed by atoms with Crippen LogP contribution in [0.5, 0.6) is 0 Å². The Morgan fingerprint density at radius 2 is 0.789 bits per heavy atom. The van der Waals surface area contributed by atoms with E-state index in [0.29, 0.717) is 0 Å². The lowest BCUT2D eigenvalue weighted by molar-refractivity contribution is 0.669. The van der Waals surface area contributed by atoms with Crippen molar-refractivity contribution in [1.82, 2.24) is 4.57 Å². The molecular weight excluding hydrogens is 685 g/mol. The first-order valence-electron chi connectivity index (χ1n) is 19.9. The third kappa shape index (κ3) is 4.85. The Balaban J connectivity index is 1.24. The molecule has 11 rings (SSSR count). The Kier molecular flexibility index (Phi) is 7.53. The SMILES string of the molecule is Bc1c(B)c(B)c(-c2c3ccccc3c(-c3cccc(-c4c(-n5c6ccccc6c6ccccc65)ccc5oc6ccccc6c45)c3)c3ccccc23)c(B)c1B. The second kappa shape index (κ2) is 12.7. The molecule has 11 aromatic rings. The van der Waals surface area contributed by atoms with Crippen LogP contribution in [0.4, 0.5) is 0 Å². The summed E-state index contributed by atoms with van der Waals surface area (Å²) in [6.45, 7) is 0. The molecule has 2 aromatic heterocycles. The molecule has 0 bridgehead atoms. The second-order valence-corrected chi connectivity index (χ2v) is 15.7. The summed E-state index contributed by atoms with van der Waals surface area (Å²) < 4.78 is 9.03. The molecule has 9 aromatic carbocycles. The van der Waals surface area contributed by atoms with Gasteiger partial charge in [-0.1, -0.05) is 132 Å². The van der Waals surface area contributed by atoms with Crippen LogP contribution in [-0.2, 0) is 0 Å². The van der Waals surface area contributed by atoms with E-state index in [-0.39, 0.29) is 0 Å². The molecule has 0 fully saturated rings. The molecule has 7 heteroatoms. The highest BCUT2D eigenvalue weighted by Gasteiger charge is 2.24. The van der Waals surface area contributed by atoms with Crippen molar-refractivity contribution in [3.63, 3.8) is 0 Å². The maximum absolute atomic E-state index is 6.58. The molecular formula is C50H36B5NO. The number of para-hydroxylation sites is 3. The minimum absolute atomic E-state index is 0.885. The summed E-state index contributed by atoms with van der Waals surface area (Å²) in [6, 6.07) is 57.7. The fraction of sp³-hybridized carbons (Fsp3) is 0. The topological polar surface area (TPSA) is 18.1 Å². The first kappa shape index (κ1) is 33.7. The molecule has 0 aliphatic rings. The van der Waals surface area contributed by atoms with Crippen molar-refractivity contribution < 1.29 is 4.42 Å². The van der Waals surface area contributed by atoms with Crippen LogP contribution < -0.4 is 27.3 Å². The standard InChI is InChI=1S/C50H36B5NO/c51-46-45(47(52)49(54)50(55)48(46)53)43-33-18-3-1-16-31(33)41(32-17-2-4-19-34(32)43)27-12-11-13-28(26-27)42-38(24-25-40-44(42)35-20-7-10-23-39(35)57-40)56-36-21-8-5-14-29(36)30-15-6-9-22-37(30)56/h1-26H,51-55H2. The molecule has 0 radical (unpaired) electrons. The predicted octanol–water partition coefficient (Wildman–Crippen LogP) is 5.28. The summed E-state index contributed by atoms with van der Waals surface area (Å²) in [5, 5.41) is 9.80. The van der Waals surface area contributed by atoms with Gasteiger partial charge in [0.2, 0.25) is 0 Å². The molecule has 2 nitrogen and oxygen atoms in total. The Morgan fingerprint density at radius 1 is 0.333 bits per heavy atom. The van der Waals surface area contributed by atoms with Crippen molar-refractivity contribution in [2.75, 3.05) is 0 Å². The van der Waals surface area contributed by atoms with Crippen molar-refractivity contribution in [3.8, 4) is 39.1 Å². The largest absolute Gasteiger partial charge is 0.456 e. The summed E-state index contributed by atoms with van der Waals surface area (Å²) in [5.41, 5.74) is 19.6. The number of hydrogen-bond donors (Lipinski definition) is 0. The molecule has 0 saturated heterocycles. The van der Waals surface area contributed by atoms with Crippen LogP contribution in [0, 0.1) is 0 Å². The zero-order valence-electron chi connectivity index (χ0n) is 32.9. The van der Waals surface area contributed by atoms with Gasteiger partial charge in [0, 0.05) is 27.1 Å². The Labute approximate surface area is 336 Å². The Bertz CT molecular complexity index is 3350. The average Bonchev–Trinajstić information content (AvgIpc) is 3.80. The molecule has 0 unspecified atom stereocenters. The first-order valence-corrected chi connectivity index (χ1v) is 19.9. The Hall–Kier alpha value is -6.58. The maximum Gasteiger partial charge on any atom is 0.139 e. The van der Waals surface area contributed by atoms with Crippen LogP contribution in [-0.4, -0.2) is 43.8 Å². The minimum atomic E-state index is 0.885. The van der Waals surface area contributed by atoms with Gasteiger partial charge in [-0.15, -0.1) is 16.4 Å². The van der Waals surface area contributed by atoms with E-state index in [4.69, 9.17) is 4.42 Å². The predicted molar refractivity (Wildman–Crippen MR) is 260 cm³/mol. The van der Waals surface area contributed by atoms with Gasteiger partial charge in [-0.2, -0.15) is 0 Å². The smallest absolute Gasteiger partial charge is 0.139 e. The van der Waals surface area contributed by atoms with Crippen LogP contribution >= 0.6 is 0 Å². The molecule has 0 N–H and O–H groups in total. The number of nitrogens with zero attached hydrogens (tertiary/aromatic N) is 1. The molecule has 0 saturated carbocycles. The zero-order chi connectivity index (χ0) is 38.5. The lowest BCUT2D eigenvalue weighted by Gasteiger charge is -2.24. The summed E-state index contributed by atoms with van der Waals surface area (Å²) in [5.74, 6) is 0. The van der Waals surface area contributed by atoms with E-state index < -0.39 is 0 Å². The van der Waals surface area contributed by atoms with Crippen LogP contribution in [0.25, 0.3) is 104 Å². The van der Waals surface area contributed by atoms with E-state index in [1.165, 1.54) is 92.9 Å². The number of aromatic nitrogens is 1. The third-order valence-electron chi connectivity index (χ3n) is 13.0. The number of hydrogen-bond acceptors (Lipinski definition) is 1. The number of rotatable bonds is 4.